The SMILES string of the molecule is Cc1nc(CC(C)C)c(CN)c(-c2ccc(CN)cc2)c1CC(=O)NCc1cccnc1. The second-order valence-corrected chi connectivity index (χ2v) is 8.49. The summed E-state index contributed by atoms with van der Waals surface area (Å²) < 4.78 is 0. The van der Waals surface area contributed by atoms with Gasteiger partial charge in [0.1, 0.15) is 0 Å². The zero-order valence-corrected chi connectivity index (χ0v) is 19.2. The third-order valence-electron chi connectivity index (χ3n) is 5.53. The van der Waals surface area contributed by atoms with Gasteiger partial charge < -0.3 is 16.8 Å². The fourth-order valence-electron chi connectivity index (χ4n) is 3.92. The molecule has 0 unspecified atom stereocenters. The number of benzene rings is 1. The first-order chi connectivity index (χ1) is 15.4. The minimum absolute atomic E-state index is 0.0573. The zero-order chi connectivity index (χ0) is 23.1. The molecule has 0 spiro atoms. The standard InChI is InChI=1S/C26H33N5O/c1-17(2)11-24-23(14-28)26(21-8-6-19(13-27)7-9-21)22(18(3)31-24)12-25(32)30-16-20-5-4-10-29-15-20/h4-10,15,17H,11-14,16,27-28H2,1-3H3,(H,30,32). The molecule has 1 amide bonds. The van der Waals surface area contributed by atoms with Crippen LogP contribution in [-0.4, -0.2) is 15.9 Å². The molecule has 32 heavy (non-hydrogen) atoms. The van der Waals surface area contributed by atoms with Crippen molar-refractivity contribution in [1.82, 2.24) is 15.3 Å². The maximum absolute atomic E-state index is 12.9. The van der Waals surface area contributed by atoms with Gasteiger partial charge in [0, 0.05) is 43.4 Å². The highest BCUT2D eigenvalue weighted by molar-refractivity contribution is 5.83. The average molecular weight is 432 g/mol. The third-order valence-corrected chi connectivity index (χ3v) is 5.53. The van der Waals surface area contributed by atoms with Gasteiger partial charge in [-0.25, -0.2) is 0 Å². The summed E-state index contributed by atoms with van der Waals surface area (Å²) >= 11 is 0. The number of aromatic nitrogens is 2. The Bertz CT molecular complexity index is 1050. The molecule has 0 radical (unpaired) electrons. The lowest BCUT2D eigenvalue weighted by molar-refractivity contribution is -0.120. The number of nitrogens with one attached hydrogen (secondary N) is 1. The minimum atomic E-state index is -0.0573. The first-order valence-corrected chi connectivity index (χ1v) is 11.1. The van der Waals surface area contributed by atoms with Crippen LogP contribution in [0.2, 0.25) is 0 Å². The zero-order valence-electron chi connectivity index (χ0n) is 19.2. The number of carbonyl (C=O) groups excluding carboxylic acids is 1. The molecule has 0 saturated carbocycles. The molecule has 2 heterocycles. The number of nitrogens with zero attached hydrogens (tertiary/aromatic N) is 2. The monoisotopic (exact) mass is 431 g/mol. The van der Waals surface area contributed by atoms with Crippen molar-refractivity contribution in [2.24, 2.45) is 17.4 Å². The van der Waals surface area contributed by atoms with Crippen molar-refractivity contribution in [3.8, 4) is 11.1 Å². The Hall–Kier alpha value is -3.09. The van der Waals surface area contributed by atoms with Crippen LogP contribution in [0.25, 0.3) is 11.1 Å². The van der Waals surface area contributed by atoms with E-state index in [1.54, 1.807) is 12.4 Å². The Morgan fingerprint density at radius 2 is 1.78 bits per heavy atom. The molecular formula is C26H33N5O. The lowest BCUT2D eigenvalue weighted by atomic mass is 9.88. The van der Waals surface area contributed by atoms with Crippen molar-refractivity contribution in [3.05, 3.63) is 82.4 Å². The van der Waals surface area contributed by atoms with Crippen molar-refractivity contribution >= 4 is 5.91 Å². The number of nitrogens with two attached hydrogens (primary N) is 2. The molecule has 3 aromatic rings. The molecule has 6 nitrogen and oxygen atoms in total. The van der Waals surface area contributed by atoms with E-state index in [1.165, 1.54) is 0 Å². The van der Waals surface area contributed by atoms with E-state index in [0.29, 0.717) is 25.6 Å². The predicted molar refractivity (Wildman–Crippen MR) is 129 cm³/mol. The summed E-state index contributed by atoms with van der Waals surface area (Å²) in [6.07, 6.45) is 4.55. The highest BCUT2D eigenvalue weighted by atomic mass is 16.1. The summed E-state index contributed by atoms with van der Waals surface area (Å²) in [5, 5.41) is 3.00. The molecule has 1 aromatic carbocycles. The number of carbonyl (C=O) groups is 1. The summed E-state index contributed by atoms with van der Waals surface area (Å²) in [5.74, 6) is 0.395. The Balaban J connectivity index is 2.00. The van der Waals surface area contributed by atoms with E-state index in [2.05, 4.69) is 36.3 Å². The van der Waals surface area contributed by atoms with Gasteiger partial charge in [-0.3, -0.25) is 14.8 Å². The van der Waals surface area contributed by atoms with E-state index in [0.717, 1.165) is 51.2 Å². The van der Waals surface area contributed by atoms with E-state index in [1.807, 2.05) is 31.2 Å². The van der Waals surface area contributed by atoms with E-state index < -0.39 is 0 Å². The topological polar surface area (TPSA) is 107 Å². The van der Waals surface area contributed by atoms with Gasteiger partial charge in [0.2, 0.25) is 5.91 Å². The lowest BCUT2D eigenvalue weighted by Gasteiger charge is -2.21. The maximum Gasteiger partial charge on any atom is 0.224 e. The van der Waals surface area contributed by atoms with Crippen LogP contribution in [0.4, 0.5) is 0 Å². The fraction of sp³-hybridized carbons (Fsp3) is 0.346. The summed E-state index contributed by atoms with van der Waals surface area (Å²) in [5.41, 5.74) is 19.9. The largest absolute Gasteiger partial charge is 0.352 e. The molecule has 0 aliphatic rings. The number of aryl methyl sites for hydroxylation is 1. The molecule has 3 rings (SSSR count). The van der Waals surface area contributed by atoms with E-state index in [-0.39, 0.29) is 12.3 Å². The van der Waals surface area contributed by atoms with Gasteiger partial charge in [-0.05, 0) is 58.7 Å². The van der Waals surface area contributed by atoms with E-state index in [4.69, 9.17) is 16.5 Å². The molecule has 0 fully saturated rings. The number of pyridine rings is 2. The average Bonchev–Trinajstić information content (AvgIpc) is 2.79. The van der Waals surface area contributed by atoms with Crippen LogP contribution in [0.15, 0.2) is 48.8 Å². The number of hydrogen-bond acceptors (Lipinski definition) is 5. The Morgan fingerprint density at radius 1 is 1.03 bits per heavy atom. The normalized spacial score (nSPS) is 11.1. The Kier molecular flexibility index (Phi) is 8.09. The predicted octanol–water partition coefficient (Wildman–Crippen LogP) is 3.43. The van der Waals surface area contributed by atoms with Gasteiger partial charge in [0.05, 0.1) is 6.42 Å². The van der Waals surface area contributed by atoms with Gasteiger partial charge >= 0.3 is 0 Å². The summed E-state index contributed by atoms with van der Waals surface area (Å²) in [6.45, 7) is 7.62. The van der Waals surface area contributed by atoms with Crippen LogP contribution in [-0.2, 0) is 37.3 Å². The first-order valence-electron chi connectivity index (χ1n) is 11.1. The van der Waals surface area contributed by atoms with Gasteiger partial charge in [-0.1, -0.05) is 44.2 Å². The number of amides is 1. The van der Waals surface area contributed by atoms with Crippen molar-refractivity contribution < 1.29 is 4.79 Å². The summed E-state index contributed by atoms with van der Waals surface area (Å²) in [7, 11) is 0. The van der Waals surface area contributed by atoms with Crippen molar-refractivity contribution in [2.75, 3.05) is 0 Å². The van der Waals surface area contributed by atoms with E-state index >= 15 is 0 Å². The molecule has 0 aliphatic heterocycles. The van der Waals surface area contributed by atoms with Crippen LogP contribution < -0.4 is 16.8 Å². The molecule has 5 N–H and O–H groups in total. The lowest BCUT2D eigenvalue weighted by Crippen LogP contribution is -2.26. The number of rotatable bonds is 9. The molecule has 0 aliphatic carbocycles. The quantitative estimate of drug-likeness (QED) is 0.481. The first kappa shape index (κ1) is 23.6. The Labute approximate surface area is 190 Å². The maximum atomic E-state index is 12.9. The van der Waals surface area contributed by atoms with Crippen molar-refractivity contribution in [1.29, 1.82) is 0 Å². The Morgan fingerprint density at radius 3 is 2.38 bits per heavy atom. The number of hydrogen-bond donors (Lipinski definition) is 3. The smallest absolute Gasteiger partial charge is 0.224 e. The van der Waals surface area contributed by atoms with Gasteiger partial charge in [-0.15, -0.1) is 0 Å². The van der Waals surface area contributed by atoms with Crippen molar-refractivity contribution in [3.63, 3.8) is 0 Å². The van der Waals surface area contributed by atoms with Crippen LogP contribution in [0.1, 0.15) is 47.5 Å². The van der Waals surface area contributed by atoms with Gasteiger partial charge in [0.25, 0.3) is 0 Å². The van der Waals surface area contributed by atoms with Gasteiger partial charge in [-0.2, -0.15) is 0 Å². The molecular weight excluding hydrogens is 398 g/mol. The van der Waals surface area contributed by atoms with Gasteiger partial charge in [0.15, 0.2) is 0 Å². The third kappa shape index (κ3) is 5.78. The van der Waals surface area contributed by atoms with E-state index in [9.17, 15) is 4.79 Å². The van der Waals surface area contributed by atoms with Crippen LogP contribution >= 0.6 is 0 Å². The van der Waals surface area contributed by atoms with Crippen LogP contribution in [0, 0.1) is 12.8 Å². The molecule has 0 saturated heterocycles. The summed E-state index contributed by atoms with van der Waals surface area (Å²) in [4.78, 5) is 21.9. The highest BCUT2D eigenvalue weighted by Crippen LogP contribution is 2.33. The van der Waals surface area contributed by atoms with Crippen molar-refractivity contribution in [2.45, 2.75) is 53.2 Å². The second kappa shape index (κ2) is 11.0. The summed E-state index contributed by atoms with van der Waals surface area (Å²) in [6, 6.07) is 12.0. The highest BCUT2D eigenvalue weighted by Gasteiger charge is 2.21. The molecule has 6 heteroatoms. The molecule has 168 valence electrons. The van der Waals surface area contributed by atoms with Crippen LogP contribution in [0.5, 0.6) is 0 Å². The second-order valence-electron chi connectivity index (χ2n) is 8.49. The molecule has 2 aromatic heterocycles. The molecule has 0 atom stereocenters. The fourth-order valence-corrected chi connectivity index (χ4v) is 3.92. The minimum Gasteiger partial charge on any atom is -0.352 e. The molecule has 0 bridgehead atoms. The van der Waals surface area contributed by atoms with Crippen LogP contribution in [0.3, 0.4) is 0 Å².